The van der Waals surface area contributed by atoms with E-state index >= 15 is 0 Å². The minimum Gasteiger partial charge on any atom is -0.375 e. The van der Waals surface area contributed by atoms with Crippen LogP contribution in [0.1, 0.15) is 43.0 Å². The minimum atomic E-state index is 0.258. The Hall–Kier alpha value is -1.60. The van der Waals surface area contributed by atoms with E-state index in [1.54, 1.807) is 0 Å². The third kappa shape index (κ3) is 2.51. The first-order valence-electron chi connectivity index (χ1n) is 7.61. The molecule has 0 radical (unpaired) electrons. The first kappa shape index (κ1) is 13.4. The van der Waals surface area contributed by atoms with Crippen molar-refractivity contribution in [2.24, 2.45) is 0 Å². The molecule has 0 amide bonds. The predicted molar refractivity (Wildman–Crippen MR) is 77.8 cm³/mol. The lowest BCUT2D eigenvalue weighted by Gasteiger charge is -2.34. The quantitative estimate of drug-likeness (QED) is 0.829. The Bertz CT molecular complexity index is 535. The Morgan fingerprint density at radius 1 is 1.45 bits per heavy atom. The summed E-state index contributed by atoms with van der Waals surface area (Å²) in [6, 6.07) is 4.39. The second-order valence-electron chi connectivity index (χ2n) is 5.63. The van der Waals surface area contributed by atoms with Gasteiger partial charge in [0.25, 0.3) is 0 Å². The average Bonchev–Trinajstić information content (AvgIpc) is 2.53. The van der Waals surface area contributed by atoms with Crippen LogP contribution in [-0.2, 0) is 17.6 Å². The predicted octanol–water partition coefficient (Wildman–Crippen LogP) is 2.45. The molecule has 20 heavy (non-hydrogen) atoms. The highest BCUT2D eigenvalue weighted by molar-refractivity contribution is 5.56. The fraction of sp³-hybridized carbons (Fsp3) is 0.625. The summed E-state index contributed by atoms with van der Waals surface area (Å²) >= 11 is 0. The molecule has 106 valence electrons. The van der Waals surface area contributed by atoms with Crippen LogP contribution in [0.5, 0.6) is 0 Å². The highest BCUT2D eigenvalue weighted by atomic mass is 16.5. The number of rotatable bonds is 2. The van der Waals surface area contributed by atoms with Crippen molar-refractivity contribution in [2.45, 2.75) is 45.1 Å². The van der Waals surface area contributed by atoms with Crippen LogP contribution < -0.4 is 4.90 Å². The maximum absolute atomic E-state index is 9.43. The standard InChI is InChI=1S/C16H21N3O/c1-2-14-11-19(7-8-20-14)16-13(10-17)9-12-5-3-4-6-15(12)18-16/h9,14H,2-8,11H2,1H3. The summed E-state index contributed by atoms with van der Waals surface area (Å²) in [5.41, 5.74) is 3.20. The van der Waals surface area contributed by atoms with Gasteiger partial charge in [0.2, 0.25) is 0 Å². The van der Waals surface area contributed by atoms with Crippen molar-refractivity contribution in [2.75, 3.05) is 24.6 Å². The van der Waals surface area contributed by atoms with Crippen LogP contribution in [0.4, 0.5) is 5.82 Å². The number of ether oxygens (including phenoxy) is 1. The molecule has 0 N–H and O–H groups in total. The first-order chi connectivity index (χ1) is 9.81. The average molecular weight is 271 g/mol. The number of pyridine rings is 1. The number of morpholine rings is 1. The first-order valence-corrected chi connectivity index (χ1v) is 7.61. The van der Waals surface area contributed by atoms with Gasteiger partial charge in [-0.05, 0) is 43.7 Å². The molecule has 1 unspecified atom stereocenters. The number of hydrogen-bond acceptors (Lipinski definition) is 4. The Morgan fingerprint density at radius 2 is 2.30 bits per heavy atom. The number of nitriles is 1. The summed E-state index contributed by atoms with van der Waals surface area (Å²) in [5.74, 6) is 0.870. The fourth-order valence-corrected chi connectivity index (χ4v) is 3.10. The SMILES string of the molecule is CCC1CN(c2nc3c(cc2C#N)CCCC3)CCO1. The summed E-state index contributed by atoms with van der Waals surface area (Å²) in [4.78, 5) is 7.05. The summed E-state index contributed by atoms with van der Waals surface area (Å²) in [7, 11) is 0. The van der Waals surface area contributed by atoms with Gasteiger partial charge in [-0.3, -0.25) is 0 Å². The molecule has 3 rings (SSSR count). The van der Waals surface area contributed by atoms with Crippen molar-refractivity contribution >= 4 is 5.82 Å². The third-order valence-electron chi connectivity index (χ3n) is 4.29. The van der Waals surface area contributed by atoms with Gasteiger partial charge in [-0.2, -0.15) is 5.26 Å². The van der Waals surface area contributed by atoms with Gasteiger partial charge in [0.05, 0.1) is 18.3 Å². The van der Waals surface area contributed by atoms with Crippen LogP contribution in [0.3, 0.4) is 0 Å². The molecular formula is C16H21N3O. The van der Waals surface area contributed by atoms with Crippen LogP contribution >= 0.6 is 0 Å². The number of nitrogens with zero attached hydrogens (tertiary/aromatic N) is 3. The van der Waals surface area contributed by atoms with E-state index < -0.39 is 0 Å². The van der Waals surface area contributed by atoms with Crippen molar-refractivity contribution in [3.63, 3.8) is 0 Å². The Morgan fingerprint density at radius 3 is 3.10 bits per heavy atom. The molecular weight excluding hydrogens is 250 g/mol. The third-order valence-corrected chi connectivity index (χ3v) is 4.29. The second kappa shape index (κ2) is 5.80. The molecule has 0 bridgehead atoms. The molecule has 1 aliphatic carbocycles. The van der Waals surface area contributed by atoms with Crippen LogP contribution in [0, 0.1) is 11.3 Å². The van der Waals surface area contributed by atoms with E-state index in [9.17, 15) is 5.26 Å². The molecule has 1 fully saturated rings. The van der Waals surface area contributed by atoms with Crippen LogP contribution in [0.25, 0.3) is 0 Å². The fourth-order valence-electron chi connectivity index (χ4n) is 3.10. The van der Waals surface area contributed by atoms with E-state index in [-0.39, 0.29) is 6.10 Å². The van der Waals surface area contributed by atoms with Gasteiger partial charge in [0.15, 0.2) is 0 Å². The smallest absolute Gasteiger partial charge is 0.147 e. The van der Waals surface area contributed by atoms with Crippen LogP contribution in [0.15, 0.2) is 6.07 Å². The van der Waals surface area contributed by atoms with Crippen molar-refractivity contribution < 1.29 is 4.74 Å². The maximum atomic E-state index is 9.43. The monoisotopic (exact) mass is 271 g/mol. The molecule has 1 aromatic rings. The molecule has 1 aromatic heterocycles. The van der Waals surface area contributed by atoms with Crippen LogP contribution in [-0.4, -0.2) is 30.8 Å². The van der Waals surface area contributed by atoms with E-state index in [0.29, 0.717) is 0 Å². The lowest BCUT2D eigenvalue weighted by atomic mass is 9.94. The molecule has 0 spiro atoms. The summed E-state index contributed by atoms with van der Waals surface area (Å²) in [6.45, 7) is 4.54. The number of hydrogen-bond donors (Lipinski definition) is 0. The van der Waals surface area contributed by atoms with Gasteiger partial charge < -0.3 is 9.64 Å². The highest BCUT2D eigenvalue weighted by Crippen LogP contribution is 2.27. The van der Waals surface area contributed by atoms with E-state index in [1.807, 2.05) is 0 Å². The van der Waals surface area contributed by atoms with Gasteiger partial charge in [-0.1, -0.05) is 6.92 Å². The zero-order valence-electron chi connectivity index (χ0n) is 12.1. The van der Waals surface area contributed by atoms with Crippen molar-refractivity contribution in [3.8, 4) is 6.07 Å². The lowest BCUT2D eigenvalue weighted by Crippen LogP contribution is -2.43. The molecule has 2 aliphatic rings. The Kier molecular flexibility index (Phi) is 3.88. The molecule has 4 heteroatoms. The van der Waals surface area contributed by atoms with Gasteiger partial charge in [0.1, 0.15) is 11.9 Å². The lowest BCUT2D eigenvalue weighted by molar-refractivity contribution is 0.0381. The molecule has 1 saturated heterocycles. The van der Waals surface area contributed by atoms with E-state index in [2.05, 4.69) is 24.0 Å². The minimum absolute atomic E-state index is 0.258. The summed E-state index contributed by atoms with van der Waals surface area (Å²) < 4.78 is 5.71. The largest absolute Gasteiger partial charge is 0.375 e. The topological polar surface area (TPSA) is 49.2 Å². The van der Waals surface area contributed by atoms with Gasteiger partial charge in [-0.15, -0.1) is 0 Å². The Labute approximate surface area is 120 Å². The zero-order valence-corrected chi connectivity index (χ0v) is 12.1. The summed E-state index contributed by atoms with van der Waals surface area (Å²) in [5, 5.41) is 9.43. The number of fused-ring (bicyclic) bond motifs is 1. The van der Waals surface area contributed by atoms with Crippen LogP contribution in [0.2, 0.25) is 0 Å². The number of anilines is 1. The number of aryl methyl sites for hydroxylation is 2. The summed E-state index contributed by atoms with van der Waals surface area (Å²) in [6.07, 6.45) is 5.81. The number of aromatic nitrogens is 1. The second-order valence-corrected chi connectivity index (χ2v) is 5.63. The van der Waals surface area contributed by atoms with E-state index in [0.717, 1.165) is 50.3 Å². The molecule has 2 heterocycles. The van der Waals surface area contributed by atoms with Gasteiger partial charge >= 0.3 is 0 Å². The molecule has 0 saturated carbocycles. The van der Waals surface area contributed by atoms with E-state index in [1.165, 1.54) is 24.1 Å². The Balaban J connectivity index is 1.93. The molecule has 4 nitrogen and oxygen atoms in total. The van der Waals surface area contributed by atoms with Crippen molar-refractivity contribution in [1.82, 2.24) is 4.98 Å². The molecule has 1 atom stereocenters. The molecule has 0 aromatic carbocycles. The molecule has 1 aliphatic heterocycles. The maximum Gasteiger partial charge on any atom is 0.147 e. The van der Waals surface area contributed by atoms with Crippen molar-refractivity contribution in [1.29, 1.82) is 5.26 Å². The van der Waals surface area contributed by atoms with E-state index in [4.69, 9.17) is 9.72 Å². The normalized spacial score (nSPS) is 22.2. The van der Waals surface area contributed by atoms with Gasteiger partial charge in [0, 0.05) is 18.8 Å². The van der Waals surface area contributed by atoms with Gasteiger partial charge in [-0.25, -0.2) is 4.98 Å². The highest BCUT2D eigenvalue weighted by Gasteiger charge is 2.24. The van der Waals surface area contributed by atoms with Crippen molar-refractivity contribution in [3.05, 3.63) is 22.9 Å². The zero-order chi connectivity index (χ0) is 13.9.